The predicted octanol–water partition coefficient (Wildman–Crippen LogP) is 5.72. The molecule has 4 atom stereocenters. The molecule has 0 spiro atoms. The average molecular weight is 650 g/mol. The van der Waals surface area contributed by atoms with E-state index in [-0.39, 0.29) is 53.1 Å². The number of halogens is 4. The lowest BCUT2D eigenvalue weighted by atomic mass is 9.87. The van der Waals surface area contributed by atoms with E-state index in [9.17, 15) is 18.0 Å². The number of carbonyl (C=O) groups is 1. The van der Waals surface area contributed by atoms with E-state index in [2.05, 4.69) is 37.6 Å². The van der Waals surface area contributed by atoms with E-state index in [1.165, 1.54) is 0 Å². The van der Waals surface area contributed by atoms with E-state index in [1.807, 2.05) is 18.5 Å². The maximum Gasteiger partial charge on any atom is 0.393 e. The molecule has 1 saturated heterocycles. The third kappa shape index (κ3) is 6.29. The highest BCUT2D eigenvalue weighted by molar-refractivity contribution is 7.23. The smallest absolute Gasteiger partial charge is 0.378 e. The van der Waals surface area contributed by atoms with E-state index in [0.717, 1.165) is 17.8 Å². The van der Waals surface area contributed by atoms with Crippen LogP contribution in [-0.4, -0.2) is 74.6 Å². The maximum atomic E-state index is 15.7. The molecule has 242 valence electrons. The van der Waals surface area contributed by atoms with Crippen LogP contribution in [0.25, 0.3) is 20.8 Å². The number of anilines is 1. The first kappa shape index (κ1) is 31.4. The summed E-state index contributed by atoms with van der Waals surface area (Å²) in [6, 6.07) is 4.50. The summed E-state index contributed by atoms with van der Waals surface area (Å²) in [5, 5.41) is 10.4. The maximum absolute atomic E-state index is 15.7. The third-order valence-electron chi connectivity index (χ3n) is 8.75. The van der Waals surface area contributed by atoms with Crippen molar-refractivity contribution in [1.29, 1.82) is 0 Å². The SMILES string of the molecule is CCC1CC(Nc2cccc3c(CC(F)(F)F)c(-c4noc(CNC(=O)c5ncn6c5COCC6)n4)sc23)C(F)C(CC)N1C. The van der Waals surface area contributed by atoms with Gasteiger partial charge >= 0.3 is 6.18 Å². The summed E-state index contributed by atoms with van der Waals surface area (Å²) < 4.78 is 70.4. The molecule has 10 nitrogen and oxygen atoms in total. The topological polar surface area (TPSA) is 110 Å². The molecule has 2 aliphatic rings. The van der Waals surface area contributed by atoms with Crippen LogP contribution < -0.4 is 10.6 Å². The quantitative estimate of drug-likeness (QED) is 0.222. The van der Waals surface area contributed by atoms with Crippen LogP contribution in [0.1, 0.15) is 60.7 Å². The molecule has 2 N–H and O–H groups in total. The molecule has 1 fully saturated rings. The zero-order chi connectivity index (χ0) is 31.9. The lowest BCUT2D eigenvalue weighted by Gasteiger charge is -2.45. The molecule has 0 saturated carbocycles. The van der Waals surface area contributed by atoms with E-state index >= 15 is 4.39 Å². The van der Waals surface area contributed by atoms with E-state index in [4.69, 9.17) is 9.26 Å². The van der Waals surface area contributed by atoms with Gasteiger partial charge in [0.1, 0.15) is 6.17 Å². The Morgan fingerprint density at radius 1 is 1.22 bits per heavy atom. The molecule has 3 aromatic heterocycles. The Kier molecular flexibility index (Phi) is 8.85. The number of nitrogens with one attached hydrogen (secondary N) is 2. The van der Waals surface area contributed by atoms with Gasteiger partial charge in [0.15, 0.2) is 5.69 Å². The summed E-state index contributed by atoms with van der Waals surface area (Å²) in [7, 11) is 1.95. The summed E-state index contributed by atoms with van der Waals surface area (Å²) in [5.41, 5.74) is 1.47. The summed E-state index contributed by atoms with van der Waals surface area (Å²) in [4.78, 5) is 23.6. The lowest BCUT2D eigenvalue weighted by molar-refractivity contribution is -0.126. The van der Waals surface area contributed by atoms with Crippen molar-refractivity contribution in [2.45, 2.75) is 89.7 Å². The number of hydrogen-bond donors (Lipinski definition) is 2. The van der Waals surface area contributed by atoms with Crippen molar-refractivity contribution in [3.63, 3.8) is 0 Å². The molecule has 1 aromatic carbocycles. The number of ether oxygens (including phenoxy) is 1. The lowest BCUT2D eigenvalue weighted by Crippen LogP contribution is -2.57. The molecule has 1 amide bonds. The second-order valence-corrected chi connectivity index (χ2v) is 12.5. The Bertz CT molecular complexity index is 1670. The molecule has 15 heteroatoms. The largest absolute Gasteiger partial charge is 0.393 e. The molecule has 4 unspecified atom stereocenters. The summed E-state index contributed by atoms with van der Waals surface area (Å²) >= 11 is 1.10. The molecule has 6 rings (SSSR count). The van der Waals surface area contributed by atoms with Crippen molar-refractivity contribution in [2.75, 3.05) is 19.0 Å². The fraction of sp³-hybridized carbons (Fsp3) is 0.533. The number of benzene rings is 1. The number of amides is 1. The first-order chi connectivity index (χ1) is 21.6. The number of piperidine rings is 1. The monoisotopic (exact) mass is 649 g/mol. The number of aromatic nitrogens is 4. The number of alkyl halides is 4. The first-order valence-electron chi connectivity index (χ1n) is 15.0. The number of imidazole rings is 1. The molecular weight excluding hydrogens is 614 g/mol. The van der Waals surface area contributed by atoms with Gasteiger partial charge in [0, 0.05) is 18.6 Å². The minimum atomic E-state index is -4.50. The molecule has 4 aromatic rings. The summed E-state index contributed by atoms with van der Waals surface area (Å²) in [6.07, 6.45) is -3.19. The van der Waals surface area contributed by atoms with Gasteiger partial charge in [0.2, 0.25) is 11.7 Å². The Balaban J connectivity index is 1.27. The highest BCUT2D eigenvalue weighted by atomic mass is 32.1. The second kappa shape index (κ2) is 12.7. The molecule has 2 aliphatic heterocycles. The van der Waals surface area contributed by atoms with Crippen molar-refractivity contribution in [3.05, 3.63) is 47.4 Å². The van der Waals surface area contributed by atoms with Crippen molar-refractivity contribution in [3.8, 4) is 10.7 Å². The Labute approximate surface area is 261 Å². The van der Waals surface area contributed by atoms with E-state index < -0.39 is 30.7 Å². The third-order valence-corrected chi connectivity index (χ3v) is 10.0. The van der Waals surface area contributed by atoms with Gasteiger partial charge in [-0.05, 0) is 43.3 Å². The first-order valence-corrected chi connectivity index (χ1v) is 15.9. The molecule has 45 heavy (non-hydrogen) atoms. The highest BCUT2D eigenvalue weighted by Gasteiger charge is 2.40. The van der Waals surface area contributed by atoms with Gasteiger partial charge in [-0.25, -0.2) is 9.37 Å². The molecule has 0 radical (unpaired) electrons. The number of fused-ring (bicyclic) bond motifs is 2. The fourth-order valence-corrected chi connectivity index (χ4v) is 7.65. The van der Waals surface area contributed by atoms with Gasteiger partial charge in [-0.3, -0.25) is 9.69 Å². The van der Waals surface area contributed by atoms with Crippen molar-refractivity contribution >= 4 is 33.0 Å². The highest BCUT2D eigenvalue weighted by Crippen LogP contribution is 2.44. The van der Waals surface area contributed by atoms with Crippen LogP contribution in [0.2, 0.25) is 0 Å². The fourth-order valence-electron chi connectivity index (χ4n) is 6.43. The van der Waals surface area contributed by atoms with Gasteiger partial charge in [-0.2, -0.15) is 18.2 Å². The molecule has 5 heterocycles. The minimum absolute atomic E-state index is 0.0156. The Hall–Kier alpha value is -3.56. The average Bonchev–Trinajstić information content (AvgIpc) is 3.75. The Morgan fingerprint density at radius 2 is 2.04 bits per heavy atom. The summed E-state index contributed by atoms with van der Waals surface area (Å²) in [5.74, 6) is -0.447. The van der Waals surface area contributed by atoms with Gasteiger partial charge in [0.25, 0.3) is 5.91 Å². The van der Waals surface area contributed by atoms with Crippen LogP contribution in [0.5, 0.6) is 0 Å². The van der Waals surface area contributed by atoms with Gasteiger partial charge in [-0.15, -0.1) is 11.3 Å². The molecular formula is C30H35F4N7O3S. The van der Waals surface area contributed by atoms with Crippen LogP contribution >= 0.6 is 11.3 Å². The number of likely N-dealkylation sites (tertiary alicyclic amines) is 1. The number of rotatable bonds is 9. The predicted molar refractivity (Wildman–Crippen MR) is 161 cm³/mol. The molecule has 0 aliphatic carbocycles. The van der Waals surface area contributed by atoms with Gasteiger partial charge in [-0.1, -0.05) is 31.1 Å². The van der Waals surface area contributed by atoms with Crippen molar-refractivity contribution < 1.29 is 31.6 Å². The normalized spacial score (nSPS) is 22.5. The number of thiophene rings is 1. The van der Waals surface area contributed by atoms with Crippen LogP contribution in [0.15, 0.2) is 29.0 Å². The van der Waals surface area contributed by atoms with Crippen molar-refractivity contribution in [2.24, 2.45) is 0 Å². The Morgan fingerprint density at radius 3 is 2.80 bits per heavy atom. The zero-order valence-electron chi connectivity index (χ0n) is 25.2. The molecule has 0 bridgehead atoms. The van der Waals surface area contributed by atoms with Crippen LogP contribution in [-0.2, 0) is 30.9 Å². The second-order valence-electron chi connectivity index (χ2n) is 11.5. The van der Waals surface area contributed by atoms with Crippen LogP contribution in [0, 0.1) is 0 Å². The number of carbonyl (C=O) groups excluding carboxylic acids is 1. The minimum Gasteiger partial charge on any atom is -0.378 e. The standard InChI is InChI=1S/C30H35F4N7O3S/c1-4-16-11-20(24(31)21(5-2)40(16)3)37-19-8-6-7-17-18(12-30(32,33)34)27(45-26(17)19)28-38-23(44-39-28)13-35-29(42)25-22-14-43-10-9-41(22)15-36-25/h6-8,15-16,20-21,24,37H,4-5,9-14H2,1-3H3,(H,35,42). The number of hydrogen-bond acceptors (Lipinski definition) is 9. The van der Waals surface area contributed by atoms with E-state index in [1.54, 1.807) is 24.5 Å². The van der Waals surface area contributed by atoms with Crippen molar-refractivity contribution in [1.82, 2.24) is 29.9 Å². The van der Waals surface area contributed by atoms with Gasteiger partial charge in [0.05, 0.1) is 59.5 Å². The summed E-state index contributed by atoms with van der Waals surface area (Å²) in [6.45, 7) is 5.29. The zero-order valence-corrected chi connectivity index (χ0v) is 26.0. The van der Waals surface area contributed by atoms with Crippen LogP contribution in [0.4, 0.5) is 23.2 Å². The van der Waals surface area contributed by atoms with Crippen LogP contribution in [0.3, 0.4) is 0 Å². The van der Waals surface area contributed by atoms with E-state index in [0.29, 0.717) is 47.5 Å². The number of nitrogens with zero attached hydrogens (tertiary/aromatic N) is 5. The van der Waals surface area contributed by atoms with Gasteiger partial charge < -0.3 is 24.5 Å².